The number of alkyl halides is 2. The van der Waals surface area contributed by atoms with Gasteiger partial charge in [-0.05, 0) is 59.6 Å². The van der Waals surface area contributed by atoms with Crippen molar-refractivity contribution < 1.29 is 18.3 Å². The van der Waals surface area contributed by atoms with Crippen LogP contribution in [0.15, 0.2) is 40.9 Å². The number of carbonyl (C=O) groups excluding carboxylic acids is 1. The molecule has 2 aromatic heterocycles. The molecule has 1 amide bonds. The van der Waals surface area contributed by atoms with E-state index in [9.17, 15) is 13.6 Å². The molecule has 0 bridgehead atoms. The quantitative estimate of drug-likeness (QED) is 0.308. The van der Waals surface area contributed by atoms with Crippen molar-refractivity contribution in [2.75, 3.05) is 11.9 Å². The summed E-state index contributed by atoms with van der Waals surface area (Å²) in [7, 11) is 0. The molecule has 0 saturated heterocycles. The summed E-state index contributed by atoms with van der Waals surface area (Å²) in [5.41, 5.74) is 1.25. The molecular weight excluding hydrogens is 534 g/mol. The molecule has 12 heteroatoms. The van der Waals surface area contributed by atoms with E-state index in [0.717, 1.165) is 10.9 Å². The van der Waals surface area contributed by atoms with Crippen LogP contribution < -0.4 is 15.4 Å². The second-order valence-electron chi connectivity index (χ2n) is 7.42. The van der Waals surface area contributed by atoms with Crippen LogP contribution in [0.25, 0.3) is 27.9 Å². The topological polar surface area (TPSA) is 93.4 Å². The first-order chi connectivity index (χ1) is 16.3. The van der Waals surface area contributed by atoms with Crippen LogP contribution in [0.1, 0.15) is 20.3 Å². The fraction of sp³-hybridized carbons (Fsp3) is 0.273. The molecule has 0 saturated carbocycles. The normalized spacial score (nSPS) is 12.3. The molecule has 2 N–H and O–H groups in total. The first-order valence-corrected chi connectivity index (χ1v) is 11.6. The number of hydrogen-bond donors (Lipinski definition) is 2. The van der Waals surface area contributed by atoms with E-state index < -0.39 is 12.7 Å². The Kier molecular flexibility index (Phi) is 7.13. The van der Waals surface area contributed by atoms with Crippen molar-refractivity contribution in [3.05, 3.63) is 45.9 Å². The highest BCUT2D eigenvalue weighted by Crippen LogP contribution is 2.34. The summed E-state index contributed by atoms with van der Waals surface area (Å²) in [5.74, 6) is 0.0404. The fourth-order valence-corrected chi connectivity index (χ4v) is 3.96. The molecule has 2 aromatic carbocycles. The SMILES string of the molecule is CCCNC(=O)[C@@H](C)Nc1nc2c(Br)cccc2c2nc(-c3ccc(Cl)cc3OC(F)F)nn12. The van der Waals surface area contributed by atoms with Gasteiger partial charge in [-0.3, -0.25) is 4.79 Å². The van der Waals surface area contributed by atoms with Gasteiger partial charge in [-0.15, -0.1) is 5.10 Å². The van der Waals surface area contributed by atoms with E-state index >= 15 is 0 Å². The first-order valence-electron chi connectivity index (χ1n) is 10.4. The average molecular weight is 554 g/mol. The lowest BCUT2D eigenvalue weighted by atomic mass is 10.2. The lowest BCUT2D eigenvalue weighted by Crippen LogP contribution is -2.38. The largest absolute Gasteiger partial charge is 0.434 e. The summed E-state index contributed by atoms with van der Waals surface area (Å²) in [6.45, 7) is 1.17. The molecule has 0 aliphatic carbocycles. The van der Waals surface area contributed by atoms with Crippen LogP contribution in [0.4, 0.5) is 14.7 Å². The zero-order chi connectivity index (χ0) is 24.4. The third-order valence-electron chi connectivity index (χ3n) is 4.94. The molecule has 0 aliphatic heterocycles. The molecule has 34 heavy (non-hydrogen) atoms. The highest BCUT2D eigenvalue weighted by molar-refractivity contribution is 9.10. The van der Waals surface area contributed by atoms with E-state index in [4.69, 9.17) is 11.6 Å². The molecule has 4 aromatic rings. The molecule has 2 heterocycles. The zero-order valence-electron chi connectivity index (χ0n) is 18.2. The Bertz CT molecular complexity index is 1370. The van der Waals surface area contributed by atoms with Gasteiger partial charge in [0.1, 0.15) is 11.8 Å². The lowest BCUT2D eigenvalue weighted by Gasteiger charge is -2.15. The van der Waals surface area contributed by atoms with Crippen molar-refractivity contribution in [1.82, 2.24) is 24.9 Å². The van der Waals surface area contributed by atoms with Crippen LogP contribution in [0.3, 0.4) is 0 Å². The van der Waals surface area contributed by atoms with E-state index in [2.05, 4.69) is 46.4 Å². The number of amides is 1. The molecule has 0 aliphatic rings. The van der Waals surface area contributed by atoms with Gasteiger partial charge in [0, 0.05) is 21.4 Å². The van der Waals surface area contributed by atoms with Crippen molar-refractivity contribution in [2.45, 2.75) is 32.9 Å². The molecule has 0 fully saturated rings. The average Bonchev–Trinajstić information content (AvgIpc) is 3.23. The van der Waals surface area contributed by atoms with Gasteiger partial charge in [0.05, 0.1) is 11.1 Å². The van der Waals surface area contributed by atoms with E-state index in [0.29, 0.717) is 23.1 Å². The minimum absolute atomic E-state index is 0.132. The standard InChI is InChI=1S/C22H20BrClF2N6O2/c1-3-9-27-20(33)11(2)28-22-29-17-14(5-4-6-15(17)23)19-30-18(31-32(19)22)13-8-7-12(24)10-16(13)34-21(25)26/h4-8,10-11,21H,3,9H2,1-2H3,(H,27,33)(H,28,29)/t11-/m1/s1. The molecule has 0 radical (unpaired) electrons. The summed E-state index contributed by atoms with van der Waals surface area (Å²) in [6.07, 6.45) is 0.806. The van der Waals surface area contributed by atoms with Crippen LogP contribution in [0, 0.1) is 0 Å². The van der Waals surface area contributed by atoms with E-state index in [1.807, 2.05) is 25.1 Å². The Hall–Kier alpha value is -3.05. The number of aromatic nitrogens is 4. The number of ether oxygens (including phenoxy) is 1. The summed E-state index contributed by atoms with van der Waals surface area (Å²) < 4.78 is 32.8. The molecule has 178 valence electrons. The Morgan fingerprint density at radius 3 is 2.79 bits per heavy atom. The fourth-order valence-electron chi connectivity index (χ4n) is 3.34. The van der Waals surface area contributed by atoms with Crippen LogP contribution in [-0.2, 0) is 4.79 Å². The number of fused-ring (bicyclic) bond motifs is 3. The van der Waals surface area contributed by atoms with Crippen molar-refractivity contribution in [1.29, 1.82) is 0 Å². The van der Waals surface area contributed by atoms with Crippen LogP contribution in [0.2, 0.25) is 5.02 Å². The molecule has 8 nitrogen and oxygen atoms in total. The maximum Gasteiger partial charge on any atom is 0.387 e. The summed E-state index contributed by atoms with van der Waals surface area (Å²) >= 11 is 9.48. The molecule has 0 unspecified atom stereocenters. The Balaban J connectivity index is 1.87. The van der Waals surface area contributed by atoms with Crippen molar-refractivity contribution in [3.8, 4) is 17.1 Å². The second-order valence-corrected chi connectivity index (χ2v) is 8.71. The Labute approximate surface area is 206 Å². The summed E-state index contributed by atoms with van der Waals surface area (Å²) in [6, 6.07) is 9.17. The number of halogens is 4. The number of anilines is 1. The van der Waals surface area contributed by atoms with Crippen molar-refractivity contribution in [3.63, 3.8) is 0 Å². The number of para-hydroxylation sites is 1. The van der Waals surface area contributed by atoms with E-state index in [1.165, 1.54) is 22.7 Å². The van der Waals surface area contributed by atoms with Gasteiger partial charge in [-0.25, -0.2) is 9.97 Å². The molecule has 1 atom stereocenters. The zero-order valence-corrected chi connectivity index (χ0v) is 20.5. The van der Waals surface area contributed by atoms with Crippen LogP contribution >= 0.6 is 27.5 Å². The molecular formula is C22H20BrClF2N6O2. The van der Waals surface area contributed by atoms with Gasteiger partial charge >= 0.3 is 6.61 Å². The Morgan fingerprint density at radius 2 is 2.06 bits per heavy atom. The second kappa shape index (κ2) is 10.1. The first kappa shape index (κ1) is 24.1. The number of benzene rings is 2. The van der Waals surface area contributed by atoms with Gasteiger partial charge in [0.15, 0.2) is 11.5 Å². The monoisotopic (exact) mass is 552 g/mol. The maximum atomic E-state index is 13.0. The van der Waals surface area contributed by atoms with Crippen molar-refractivity contribution in [2.24, 2.45) is 0 Å². The van der Waals surface area contributed by atoms with Crippen LogP contribution in [-0.4, -0.2) is 44.7 Å². The number of nitrogens with one attached hydrogen (secondary N) is 2. The summed E-state index contributed by atoms with van der Waals surface area (Å²) in [4.78, 5) is 21.7. The molecule has 4 rings (SSSR count). The Morgan fingerprint density at radius 1 is 1.26 bits per heavy atom. The maximum absolute atomic E-state index is 13.0. The number of rotatable bonds is 8. The van der Waals surface area contributed by atoms with Crippen molar-refractivity contribution >= 4 is 55.9 Å². The van der Waals surface area contributed by atoms with E-state index in [1.54, 1.807) is 6.92 Å². The van der Waals surface area contributed by atoms with E-state index in [-0.39, 0.29) is 34.0 Å². The number of hydrogen-bond acceptors (Lipinski definition) is 6. The minimum Gasteiger partial charge on any atom is -0.434 e. The number of carbonyl (C=O) groups is 1. The number of nitrogens with zero attached hydrogens (tertiary/aromatic N) is 4. The predicted molar refractivity (Wildman–Crippen MR) is 129 cm³/mol. The van der Waals surface area contributed by atoms with Crippen LogP contribution in [0.5, 0.6) is 5.75 Å². The highest BCUT2D eigenvalue weighted by atomic mass is 79.9. The minimum atomic E-state index is -3.05. The van der Waals surface area contributed by atoms with Gasteiger partial charge in [-0.1, -0.05) is 24.6 Å². The lowest BCUT2D eigenvalue weighted by molar-refractivity contribution is -0.121. The predicted octanol–water partition coefficient (Wildman–Crippen LogP) is 5.29. The van der Waals surface area contributed by atoms with Gasteiger partial charge in [0.25, 0.3) is 0 Å². The highest BCUT2D eigenvalue weighted by Gasteiger charge is 2.21. The third-order valence-corrected chi connectivity index (χ3v) is 5.82. The molecule has 0 spiro atoms. The van der Waals surface area contributed by atoms with Gasteiger partial charge in [-0.2, -0.15) is 13.3 Å². The smallest absolute Gasteiger partial charge is 0.387 e. The van der Waals surface area contributed by atoms with Gasteiger partial charge in [0.2, 0.25) is 11.9 Å². The summed E-state index contributed by atoms with van der Waals surface area (Å²) in [5, 5.41) is 11.3. The van der Waals surface area contributed by atoms with Gasteiger partial charge < -0.3 is 15.4 Å². The third kappa shape index (κ3) is 4.90.